The van der Waals surface area contributed by atoms with E-state index in [9.17, 15) is 5.11 Å². The fraction of sp³-hybridized carbons (Fsp3) is 0.150. The number of phenols is 1. The first-order valence-electron chi connectivity index (χ1n) is 15.2. The van der Waals surface area contributed by atoms with Crippen LogP contribution in [0.4, 0.5) is 0 Å². The van der Waals surface area contributed by atoms with Crippen LogP contribution >= 0.6 is 0 Å². The summed E-state index contributed by atoms with van der Waals surface area (Å²) in [5.74, 6) is 1.50. The fourth-order valence-electron chi connectivity index (χ4n) is 6.16. The van der Waals surface area contributed by atoms with Gasteiger partial charge in [0, 0.05) is 33.0 Å². The topological polar surface area (TPSA) is 50.9 Å². The van der Waals surface area contributed by atoms with Gasteiger partial charge >= 0.3 is 0 Å². The van der Waals surface area contributed by atoms with E-state index < -0.39 is 0 Å². The van der Waals surface area contributed by atoms with E-state index in [1.807, 2.05) is 36.5 Å². The molecule has 0 saturated carbocycles. The van der Waals surface area contributed by atoms with Gasteiger partial charge in [-0.2, -0.15) is 0 Å². The number of pyridine rings is 1. The van der Waals surface area contributed by atoms with Gasteiger partial charge in [0.25, 0.3) is 0 Å². The van der Waals surface area contributed by atoms with Crippen molar-refractivity contribution in [3.05, 3.63) is 133 Å². The third-order valence-electron chi connectivity index (χ3n) is 8.39. The summed E-state index contributed by atoms with van der Waals surface area (Å²) in [7, 11) is 0. The number of fused-ring (bicyclic) bond motifs is 2. The van der Waals surface area contributed by atoms with Crippen LogP contribution in [0, 0.1) is 6.07 Å². The predicted octanol–water partition coefficient (Wildman–Crippen LogP) is 10.3. The number of imidazole rings is 1. The molecule has 1 N–H and O–H groups in total. The van der Waals surface area contributed by atoms with Gasteiger partial charge in [0.15, 0.2) is 0 Å². The van der Waals surface area contributed by atoms with Crippen molar-refractivity contribution in [3.63, 3.8) is 0 Å². The quantitative estimate of drug-likeness (QED) is 0.172. The molecule has 0 bridgehead atoms. The number of rotatable bonds is 6. The van der Waals surface area contributed by atoms with Crippen LogP contribution in [0.25, 0.3) is 61.3 Å². The Balaban J connectivity index is 0.00000357. The average molecular weight is 768 g/mol. The standard InChI is InChI=1S/C40H34N3O.Pt/c1-25(2)31-17-10-18-32(26(3)4)39(31)43-36-20-11-19-33(38(36)42-40(43)34-16-7-8-21-37(34)44)28-14-9-15-29(22-28)35-23-27-12-5-6-13-30(27)24-41-35;/h5-21,23-26,44H,1-4H3;/q-1;. The average Bonchev–Trinajstić information content (AvgIpc) is 3.43. The van der Waals surface area contributed by atoms with Gasteiger partial charge in [0.2, 0.25) is 0 Å². The largest absolute Gasteiger partial charge is 0.507 e. The summed E-state index contributed by atoms with van der Waals surface area (Å²) >= 11 is 0. The number of phenolic OH excluding ortho intramolecular Hbond substituents is 1. The second kappa shape index (κ2) is 12.5. The Bertz CT molecular complexity index is 2140. The van der Waals surface area contributed by atoms with Crippen LogP contribution in [0.2, 0.25) is 0 Å². The molecule has 5 heteroatoms. The van der Waals surface area contributed by atoms with Crippen molar-refractivity contribution in [2.75, 3.05) is 0 Å². The molecule has 0 atom stereocenters. The molecule has 0 amide bonds. The van der Waals surface area contributed by atoms with E-state index in [4.69, 9.17) is 9.97 Å². The van der Waals surface area contributed by atoms with Crippen molar-refractivity contribution in [2.24, 2.45) is 0 Å². The SMILES string of the molecule is CC(C)c1cccc(C(C)C)c1-n1c(-c2ccccc2O)nc2c(-c3[c-]c(-c4cc5ccccc5cn4)ccc3)cccc21.[Pt]. The van der Waals surface area contributed by atoms with Gasteiger partial charge in [0.1, 0.15) is 11.6 Å². The first kappa shape index (κ1) is 30.5. The third-order valence-corrected chi connectivity index (χ3v) is 8.39. The molecule has 0 fully saturated rings. The molecule has 0 saturated heterocycles. The van der Waals surface area contributed by atoms with E-state index in [1.165, 1.54) is 11.1 Å². The van der Waals surface area contributed by atoms with Crippen LogP contribution in [0.15, 0.2) is 115 Å². The van der Waals surface area contributed by atoms with Crippen molar-refractivity contribution >= 4 is 21.8 Å². The van der Waals surface area contributed by atoms with Crippen molar-refractivity contribution in [1.29, 1.82) is 0 Å². The molecular formula is C40H34N3OPt-. The molecule has 0 aliphatic carbocycles. The summed E-state index contributed by atoms with van der Waals surface area (Å²) in [5.41, 5.74) is 9.89. The minimum Gasteiger partial charge on any atom is -0.507 e. The Morgan fingerprint density at radius 1 is 0.667 bits per heavy atom. The zero-order chi connectivity index (χ0) is 30.4. The van der Waals surface area contributed by atoms with E-state index in [1.54, 1.807) is 6.07 Å². The molecule has 0 spiro atoms. The Kier molecular flexibility index (Phi) is 8.44. The monoisotopic (exact) mass is 767 g/mol. The van der Waals surface area contributed by atoms with Crippen LogP contribution in [0.3, 0.4) is 0 Å². The summed E-state index contributed by atoms with van der Waals surface area (Å²) in [6.45, 7) is 8.92. The second-order valence-electron chi connectivity index (χ2n) is 12.0. The molecule has 226 valence electrons. The summed E-state index contributed by atoms with van der Waals surface area (Å²) in [4.78, 5) is 10.1. The summed E-state index contributed by atoms with van der Waals surface area (Å²) in [6.07, 6.45) is 1.92. The van der Waals surface area contributed by atoms with E-state index in [-0.39, 0.29) is 26.8 Å². The smallest absolute Gasteiger partial charge is 0.148 e. The minimum absolute atomic E-state index is 0. The first-order chi connectivity index (χ1) is 21.4. The van der Waals surface area contributed by atoms with Crippen molar-refractivity contribution < 1.29 is 26.2 Å². The Hall–Kier alpha value is -4.53. The Morgan fingerprint density at radius 2 is 1.29 bits per heavy atom. The molecule has 5 aromatic carbocycles. The zero-order valence-corrected chi connectivity index (χ0v) is 28.0. The zero-order valence-electron chi connectivity index (χ0n) is 25.7. The van der Waals surface area contributed by atoms with Gasteiger partial charge in [0.05, 0.1) is 22.3 Å². The van der Waals surface area contributed by atoms with Gasteiger partial charge in [-0.25, -0.2) is 4.98 Å². The van der Waals surface area contributed by atoms with Crippen molar-refractivity contribution in [2.45, 2.75) is 39.5 Å². The predicted molar refractivity (Wildman–Crippen MR) is 181 cm³/mol. The third kappa shape index (κ3) is 5.49. The molecule has 7 aromatic rings. The Labute approximate surface area is 278 Å². The number of hydrogen-bond acceptors (Lipinski definition) is 3. The van der Waals surface area contributed by atoms with Gasteiger partial charge in [-0.1, -0.05) is 112 Å². The Morgan fingerprint density at radius 3 is 2.02 bits per heavy atom. The van der Waals surface area contributed by atoms with Crippen LogP contribution < -0.4 is 0 Å². The minimum atomic E-state index is 0. The number of aromatic nitrogens is 3. The molecule has 0 unspecified atom stereocenters. The summed E-state index contributed by atoms with van der Waals surface area (Å²) in [6, 6.07) is 40.6. The molecule has 0 aliphatic rings. The van der Waals surface area contributed by atoms with Gasteiger partial charge < -0.3 is 5.11 Å². The number of nitrogens with zero attached hydrogens (tertiary/aromatic N) is 3. The van der Waals surface area contributed by atoms with Gasteiger partial charge in [-0.05, 0) is 51.9 Å². The van der Waals surface area contributed by atoms with Crippen LogP contribution in [-0.4, -0.2) is 19.6 Å². The number of para-hydroxylation sites is 3. The molecule has 0 aliphatic heterocycles. The van der Waals surface area contributed by atoms with Crippen LogP contribution in [0.5, 0.6) is 5.75 Å². The molecule has 0 radical (unpaired) electrons. The summed E-state index contributed by atoms with van der Waals surface area (Å²) < 4.78 is 2.26. The normalized spacial score (nSPS) is 11.4. The first-order valence-corrected chi connectivity index (χ1v) is 15.2. The number of aromatic hydroxyl groups is 1. The van der Waals surface area contributed by atoms with Crippen molar-refractivity contribution in [3.8, 4) is 45.2 Å². The molecule has 7 rings (SSSR count). The number of hydrogen-bond donors (Lipinski definition) is 1. The van der Waals surface area contributed by atoms with E-state index >= 15 is 0 Å². The fourth-order valence-corrected chi connectivity index (χ4v) is 6.16. The van der Waals surface area contributed by atoms with Crippen LogP contribution in [-0.2, 0) is 21.1 Å². The molecule has 2 heterocycles. The van der Waals surface area contributed by atoms with E-state index in [0.29, 0.717) is 23.2 Å². The van der Waals surface area contributed by atoms with Gasteiger partial charge in [-0.15, -0.1) is 29.8 Å². The molecule has 4 nitrogen and oxygen atoms in total. The summed E-state index contributed by atoms with van der Waals surface area (Å²) in [5, 5.41) is 13.3. The second-order valence-corrected chi connectivity index (χ2v) is 12.0. The molecular weight excluding hydrogens is 734 g/mol. The molecule has 2 aromatic heterocycles. The maximum absolute atomic E-state index is 11.1. The number of benzene rings is 5. The maximum atomic E-state index is 11.1. The van der Waals surface area contributed by atoms with Crippen LogP contribution in [0.1, 0.15) is 50.7 Å². The maximum Gasteiger partial charge on any atom is 0.148 e. The van der Waals surface area contributed by atoms with E-state index in [2.05, 4.69) is 111 Å². The van der Waals surface area contributed by atoms with Gasteiger partial charge in [-0.3, -0.25) is 9.55 Å². The van der Waals surface area contributed by atoms with Crippen molar-refractivity contribution in [1.82, 2.24) is 14.5 Å². The van der Waals surface area contributed by atoms with E-state index in [0.717, 1.165) is 49.9 Å². The molecule has 45 heavy (non-hydrogen) atoms.